The Morgan fingerprint density at radius 1 is 1.33 bits per heavy atom. The van der Waals surface area contributed by atoms with Crippen LogP contribution in [-0.2, 0) is 0 Å². The van der Waals surface area contributed by atoms with E-state index in [1.807, 2.05) is 29.7 Å². The van der Waals surface area contributed by atoms with Crippen LogP contribution in [0.5, 0.6) is 0 Å². The first-order chi connectivity index (χ1) is 8.43. The van der Waals surface area contributed by atoms with Crippen molar-refractivity contribution in [3.05, 3.63) is 41.7 Å². The Labute approximate surface area is 131 Å². The Balaban J connectivity index is 2.81. The summed E-state index contributed by atoms with van der Waals surface area (Å²) in [6.45, 7) is 3.47. The number of thiazole rings is 1. The SMILES string of the molecule is CC(=O)c1sc(=S)n(-c2c(Br)cccc2Br)c1C. The van der Waals surface area contributed by atoms with Gasteiger partial charge < -0.3 is 0 Å². The Morgan fingerprint density at radius 2 is 1.89 bits per heavy atom. The number of rotatable bonds is 2. The molecular formula is C12H9Br2NOS2. The molecule has 18 heavy (non-hydrogen) atoms. The van der Waals surface area contributed by atoms with Gasteiger partial charge in [-0.1, -0.05) is 6.07 Å². The number of hydrogen-bond acceptors (Lipinski definition) is 3. The highest BCUT2D eigenvalue weighted by molar-refractivity contribution is 9.11. The van der Waals surface area contributed by atoms with Crippen LogP contribution in [0.1, 0.15) is 22.3 Å². The highest BCUT2D eigenvalue weighted by Crippen LogP contribution is 2.33. The second-order valence-corrected chi connectivity index (χ2v) is 7.10. The summed E-state index contributed by atoms with van der Waals surface area (Å²) in [5.41, 5.74) is 1.81. The third-order valence-corrected chi connectivity index (χ3v) is 5.37. The fourth-order valence-corrected chi connectivity index (χ4v) is 4.44. The minimum atomic E-state index is 0.0468. The molecule has 6 heteroatoms. The van der Waals surface area contributed by atoms with Gasteiger partial charge in [0.1, 0.15) is 0 Å². The van der Waals surface area contributed by atoms with Crippen molar-refractivity contribution >= 4 is 61.2 Å². The van der Waals surface area contributed by atoms with E-state index >= 15 is 0 Å². The van der Waals surface area contributed by atoms with Crippen molar-refractivity contribution in [1.82, 2.24) is 4.57 Å². The molecule has 1 aromatic carbocycles. The summed E-state index contributed by atoms with van der Waals surface area (Å²) < 4.78 is 4.46. The Kier molecular flexibility index (Phi) is 4.21. The largest absolute Gasteiger partial charge is 0.294 e. The molecule has 1 heterocycles. The average Bonchev–Trinajstić information content (AvgIpc) is 2.56. The second-order valence-electron chi connectivity index (χ2n) is 3.74. The van der Waals surface area contributed by atoms with Crippen LogP contribution in [0.3, 0.4) is 0 Å². The van der Waals surface area contributed by atoms with E-state index < -0.39 is 0 Å². The molecule has 0 amide bonds. The summed E-state index contributed by atoms with van der Waals surface area (Å²) in [4.78, 5) is 12.3. The quantitative estimate of drug-likeness (QED) is 0.498. The average molecular weight is 407 g/mol. The fraction of sp³-hybridized carbons (Fsp3) is 0.167. The minimum absolute atomic E-state index is 0.0468. The van der Waals surface area contributed by atoms with Crippen LogP contribution >= 0.6 is 55.4 Å². The third kappa shape index (κ3) is 2.39. The van der Waals surface area contributed by atoms with Crippen LogP contribution in [0.15, 0.2) is 27.1 Å². The summed E-state index contributed by atoms with van der Waals surface area (Å²) in [7, 11) is 0. The number of nitrogens with zero attached hydrogens (tertiary/aromatic N) is 1. The number of para-hydroxylation sites is 1. The lowest BCUT2D eigenvalue weighted by Crippen LogP contribution is -2.01. The van der Waals surface area contributed by atoms with Gasteiger partial charge in [0.25, 0.3) is 0 Å². The Hall–Kier alpha value is -0.300. The normalized spacial score (nSPS) is 10.7. The molecule has 0 bridgehead atoms. The molecule has 2 rings (SSSR count). The molecule has 0 N–H and O–H groups in total. The second kappa shape index (κ2) is 5.36. The van der Waals surface area contributed by atoms with Gasteiger partial charge in [-0.2, -0.15) is 0 Å². The van der Waals surface area contributed by atoms with Crippen LogP contribution in [-0.4, -0.2) is 10.4 Å². The van der Waals surface area contributed by atoms with Gasteiger partial charge in [0.15, 0.2) is 9.74 Å². The van der Waals surface area contributed by atoms with Crippen LogP contribution in [0, 0.1) is 10.9 Å². The first kappa shape index (κ1) is 14.1. The van der Waals surface area contributed by atoms with E-state index in [1.54, 1.807) is 6.92 Å². The molecule has 0 atom stereocenters. The number of hydrogen-bond donors (Lipinski definition) is 0. The van der Waals surface area contributed by atoms with Gasteiger partial charge in [-0.25, -0.2) is 0 Å². The van der Waals surface area contributed by atoms with Gasteiger partial charge in [0, 0.05) is 21.6 Å². The van der Waals surface area contributed by atoms with Crippen molar-refractivity contribution in [3.63, 3.8) is 0 Å². The molecule has 0 saturated heterocycles. The topological polar surface area (TPSA) is 22.0 Å². The number of ketones is 1. The van der Waals surface area contributed by atoms with E-state index in [-0.39, 0.29) is 5.78 Å². The van der Waals surface area contributed by atoms with Crippen LogP contribution in [0.2, 0.25) is 0 Å². The van der Waals surface area contributed by atoms with Crippen molar-refractivity contribution in [2.75, 3.05) is 0 Å². The highest BCUT2D eigenvalue weighted by atomic mass is 79.9. The molecule has 0 saturated carbocycles. The number of halogens is 2. The van der Waals surface area contributed by atoms with E-state index in [0.717, 1.165) is 20.3 Å². The van der Waals surface area contributed by atoms with E-state index in [2.05, 4.69) is 31.9 Å². The molecular weight excluding hydrogens is 398 g/mol. The van der Waals surface area contributed by atoms with Crippen molar-refractivity contribution in [2.24, 2.45) is 0 Å². The van der Waals surface area contributed by atoms with Gasteiger partial charge >= 0.3 is 0 Å². The fourth-order valence-electron chi connectivity index (χ4n) is 1.73. The maximum Gasteiger partial charge on any atom is 0.171 e. The molecule has 2 aromatic rings. The van der Waals surface area contributed by atoms with Crippen LogP contribution in [0.4, 0.5) is 0 Å². The summed E-state index contributed by atoms with van der Waals surface area (Å²) in [6, 6.07) is 5.84. The van der Waals surface area contributed by atoms with E-state index in [4.69, 9.17) is 12.2 Å². The number of benzene rings is 1. The molecule has 0 aliphatic carbocycles. The maximum absolute atomic E-state index is 11.6. The lowest BCUT2D eigenvalue weighted by molar-refractivity contribution is 0.102. The smallest absolute Gasteiger partial charge is 0.171 e. The Morgan fingerprint density at radius 3 is 2.33 bits per heavy atom. The lowest BCUT2D eigenvalue weighted by atomic mass is 10.2. The summed E-state index contributed by atoms with van der Waals surface area (Å²) in [5, 5.41) is 0. The van der Waals surface area contributed by atoms with E-state index in [9.17, 15) is 4.79 Å². The molecule has 0 fully saturated rings. The molecule has 94 valence electrons. The van der Waals surface area contributed by atoms with Gasteiger partial charge in [-0.15, -0.1) is 11.3 Å². The zero-order valence-corrected chi connectivity index (χ0v) is 14.5. The van der Waals surface area contributed by atoms with Crippen molar-refractivity contribution in [3.8, 4) is 5.69 Å². The Bertz CT molecular complexity index is 668. The molecule has 0 radical (unpaired) electrons. The zero-order valence-electron chi connectivity index (χ0n) is 9.66. The minimum Gasteiger partial charge on any atom is -0.294 e. The van der Waals surface area contributed by atoms with Gasteiger partial charge in [0.2, 0.25) is 0 Å². The summed E-state index contributed by atoms with van der Waals surface area (Å²) in [5.74, 6) is 0.0468. The number of carbonyl (C=O) groups excluding carboxylic acids is 1. The van der Waals surface area contributed by atoms with Gasteiger partial charge in [0.05, 0.1) is 10.6 Å². The summed E-state index contributed by atoms with van der Waals surface area (Å²) >= 11 is 13.8. The van der Waals surface area contributed by atoms with Gasteiger partial charge in [-0.05, 0) is 63.1 Å². The monoisotopic (exact) mass is 405 g/mol. The maximum atomic E-state index is 11.6. The first-order valence-corrected chi connectivity index (χ1v) is 7.92. The van der Waals surface area contributed by atoms with E-state index in [0.29, 0.717) is 8.83 Å². The van der Waals surface area contributed by atoms with Crippen LogP contribution < -0.4 is 0 Å². The van der Waals surface area contributed by atoms with E-state index in [1.165, 1.54) is 11.3 Å². The number of aromatic nitrogens is 1. The summed E-state index contributed by atoms with van der Waals surface area (Å²) in [6.07, 6.45) is 0. The molecule has 2 nitrogen and oxygen atoms in total. The van der Waals surface area contributed by atoms with Crippen molar-refractivity contribution < 1.29 is 4.79 Å². The molecule has 0 aliphatic rings. The number of Topliss-reactive ketones (excluding diaryl/α,β-unsaturated/α-hetero) is 1. The lowest BCUT2D eigenvalue weighted by Gasteiger charge is -2.10. The number of carbonyl (C=O) groups is 1. The van der Waals surface area contributed by atoms with Crippen molar-refractivity contribution in [2.45, 2.75) is 13.8 Å². The standard InChI is InChI=1S/C12H9Br2NOS2/c1-6-11(7(2)16)18-12(17)15(6)10-8(13)4-3-5-9(10)14/h3-5H,1-2H3. The molecule has 0 unspecified atom stereocenters. The third-order valence-electron chi connectivity index (χ3n) is 2.52. The van der Waals surface area contributed by atoms with Crippen molar-refractivity contribution in [1.29, 1.82) is 0 Å². The zero-order chi connectivity index (χ0) is 13.4. The molecule has 0 spiro atoms. The van der Waals surface area contributed by atoms with Gasteiger partial charge in [-0.3, -0.25) is 9.36 Å². The molecule has 0 aliphatic heterocycles. The predicted octanol–water partition coefficient (Wildman–Crippen LogP) is 5.30. The molecule has 1 aromatic heterocycles. The first-order valence-electron chi connectivity index (χ1n) is 5.11. The van der Waals surface area contributed by atoms with Crippen LogP contribution in [0.25, 0.3) is 5.69 Å². The highest BCUT2D eigenvalue weighted by Gasteiger charge is 2.17. The predicted molar refractivity (Wildman–Crippen MR) is 84.6 cm³/mol.